The third kappa shape index (κ3) is 2.39. The summed E-state index contributed by atoms with van der Waals surface area (Å²) in [5, 5.41) is 2.21. The van der Waals surface area contributed by atoms with Crippen LogP contribution in [0.5, 0.6) is 0 Å². The van der Waals surface area contributed by atoms with Crippen molar-refractivity contribution in [2.45, 2.75) is 18.9 Å². The highest BCUT2D eigenvalue weighted by Gasteiger charge is 2.33. The first kappa shape index (κ1) is 14.0. The number of hydrogen-bond donors (Lipinski definition) is 0. The highest BCUT2D eigenvalue weighted by molar-refractivity contribution is 7.18. The van der Waals surface area contributed by atoms with E-state index in [0.717, 1.165) is 29.6 Å². The van der Waals surface area contributed by atoms with E-state index in [2.05, 4.69) is 32.5 Å². The predicted molar refractivity (Wildman–Crippen MR) is 89.9 cm³/mol. The molecule has 1 aliphatic rings. The maximum Gasteiger partial charge on any atom is 0.205 e. The summed E-state index contributed by atoms with van der Waals surface area (Å²) in [5.74, 6) is 1.27. The van der Waals surface area contributed by atoms with Crippen molar-refractivity contribution in [3.63, 3.8) is 0 Å². The molecule has 0 aliphatic carbocycles. The number of fused-ring (bicyclic) bond motifs is 1. The Morgan fingerprint density at radius 3 is 2.86 bits per heavy atom. The summed E-state index contributed by atoms with van der Waals surface area (Å²) in [5.41, 5.74) is 1.10. The van der Waals surface area contributed by atoms with Gasteiger partial charge in [-0.15, -0.1) is 11.3 Å². The molecule has 0 saturated carbocycles. The van der Waals surface area contributed by atoms with E-state index in [-0.39, 0.29) is 6.10 Å². The maximum absolute atomic E-state index is 5.26. The number of aromatic nitrogens is 3. The van der Waals surface area contributed by atoms with Crippen molar-refractivity contribution in [2.24, 2.45) is 0 Å². The van der Waals surface area contributed by atoms with Crippen LogP contribution < -0.4 is 4.90 Å². The van der Waals surface area contributed by atoms with Crippen molar-refractivity contribution in [1.82, 2.24) is 14.3 Å². The molecular formula is C15H16N4OS2. The lowest BCUT2D eigenvalue weighted by atomic mass is 10.0. The molecule has 1 atom stereocenters. The van der Waals surface area contributed by atoms with Crippen LogP contribution in [0, 0.1) is 0 Å². The molecule has 22 heavy (non-hydrogen) atoms. The van der Waals surface area contributed by atoms with Gasteiger partial charge in [-0.05, 0) is 19.1 Å². The van der Waals surface area contributed by atoms with Gasteiger partial charge in [-0.1, -0.05) is 12.1 Å². The Hall–Kier alpha value is -1.57. The molecule has 114 valence electrons. The first-order valence-corrected chi connectivity index (χ1v) is 8.80. The van der Waals surface area contributed by atoms with Gasteiger partial charge in [0.1, 0.15) is 11.1 Å². The van der Waals surface area contributed by atoms with E-state index in [1.54, 1.807) is 18.4 Å². The van der Waals surface area contributed by atoms with Gasteiger partial charge in [0, 0.05) is 37.6 Å². The normalized spacial score (nSPS) is 16.9. The number of rotatable bonds is 4. The fourth-order valence-corrected chi connectivity index (χ4v) is 4.29. The summed E-state index contributed by atoms with van der Waals surface area (Å²) in [4.78, 5) is 11.6. The fraction of sp³-hybridized carbons (Fsp3) is 0.400. The van der Waals surface area contributed by atoms with E-state index in [4.69, 9.17) is 9.72 Å². The van der Waals surface area contributed by atoms with E-state index in [0.29, 0.717) is 5.92 Å². The average molecular weight is 332 g/mol. The third-order valence-corrected chi connectivity index (χ3v) is 5.95. The monoisotopic (exact) mass is 332 g/mol. The number of nitrogens with zero attached hydrogens (tertiary/aromatic N) is 4. The molecule has 1 unspecified atom stereocenters. The molecule has 1 aliphatic heterocycles. The van der Waals surface area contributed by atoms with Crippen LogP contribution in [-0.2, 0) is 4.74 Å². The second-order valence-electron chi connectivity index (χ2n) is 5.43. The second kappa shape index (κ2) is 5.57. The van der Waals surface area contributed by atoms with E-state index >= 15 is 0 Å². The second-order valence-corrected chi connectivity index (χ2v) is 7.23. The number of methoxy groups -OCH3 is 1. The smallest absolute Gasteiger partial charge is 0.205 e. The molecule has 1 saturated heterocycles. The zero-order valence-corrected chi connectivity index (χ0v) is 14.0. The summed E-state index contributed by atoms with van der Waals surface area (Å²) in [6, 6.07) is 8.32. The lowest BCUT2D eigenvalue weighted by Crippen LogP contribution is -2.45. The molecule has 3 aromatic rings. The van der Waals surface area contributed by atoms with Gasteiger partial charge in [-0.2, -0.15) is 4.37 Å². The van der Waals surface area contributed by atoms with E-state index in [1.165, 1.54) is 21.2 Å². The quantitative estimate of drug-likeness (QED) is 0.732. The standard InChI is InChI=1S/C15H16N4OS2/c1-9(20-2)13-17-15(22-18-13)19-7-10(8-19)14-16-11-5-3-4-6-12(11)21-14/h3-6,9-10H,7-8H2,1-2H3. The van der Waals surface area contributed by atoms with Gasteiger partial charge in [0.15, 0.2) is 5.82 Å². The number of hydrogen-bond acceptors (Lipinski definition) is 7. The Labute approximate surface area is 136 Å². The number of ether oxygens (including phenoxy) is 1. The molecule has 0 bridgehead atoms. The molecule has 5 nitrogen and oxygen atoms in total. The molecule has 0 N–H and O–H groups in total. The average Bonchev–Trinajstić information content (AvgIpc) is 3.11. The summed E-state index contributed by atoms with van der Waals surface area (Å²) >= 11 is 3.25. The molecule has 7 heteroatoms. The lowest BCUT2D eigenvalue weighted by Gasteiger charge is -2.37. The largest absolute Gasteiger partial charge is 0.374 e. The van der Waals surface area contributed by atoms with Gasteiger partial charge >= 0.3 is 0 Å². The summed E-state index contributed by atoms with van der Waals surface area (Å²) in [6.07, 6.45) is -0.0497. The molecule has 4 rings (SSSR count). The molecule has 1 aromatic carbocycles. The first-order valence-electron chi connectivity index (χ1n) is 7.21. The van der Waals surface area contributed by atoms with Crippen LogP contribution in [0.1, 0.15) is 29.8 Å². The Bertz CT molecular complexity index is 761. The van der Waals surface area contributed by atoms with Crippen LogP contribution in [-0.4, -0.2) is 34.5 Å². The molecule has 3 heterocycles. The van der Waals surface area contributed by atoms with Crippen LogP contribution in [0.15, 0.2) is 24.3 Å². The predicted octanol–water partition coefficient (Wildman–Crippen LogP) is 3.46. The van der Waals surface area contributed by atoms with Crippen molar-refractivity contribution in [2.75, 3.05) is 25.1 Å². The zero-order valence-electron chi connectivity index (χ0n) is 12.4. The summed E-state index contributed by atoms with van der Waals surface area (Å²) < 4.78 is 10.9. The fourth-order valence-electron chi connectivity index (χ4n) is 2.48. The van der Waals surface area contributed by atoms with Crippen molar-refractivity contribution >= 4 is 38.2 Å². The molecule has 2 aromatic heterocycles. The number of para-hydroxylation sites is 1. The third-order valence-electron chi connectivity index (χ3n) is 3.96. The van der Waals surface area contributed by atoms with E-state index < -0.39 is 0 Å². The van der Waals surface area contributed by atoms with Gasteiger partial charge in [0.25, 0.3) is 0 Å². The maximum atomic E-state index is 5.26. The Kier molecular flexibility index (Phi) is 3.56. The minimum Gasteiger partial charge on any atom is -0.374 e. The first-order chi connectivity index (χ1) is 10.7. The Balaban J connectivity index is 1.46. The molecule has 0 radical (unpaired) electrons. The zero-order chi connectivity index (χ0) is 15.1. The van der Waals surface area contributed by atoms with Crippen LogP contribution in [0.2, 0.25) is 0 Å². The highest BCUT2D eigenvalue weighted by atomic mass is 32.1. The summed E-state index contributed by atoms with van der Waals surface area (Å²) in [6.45, 7) is 3.90. The van der Waals surface area contributed by atoms with Gasteiger partial charge in [-0.3, -0.25) is 0 Å². The number of thiazole rings is 1. The number of anilines is 1. The van der Waals surface area contributed by atoms with Crippen LogP contribution in [0.3, 0.4) is 0 Å². The van der Waals surface area contributed by atoms with Crippen LogP contribution >= 0.6 is 22.9 Å². The van der Waals surface area contributed by atoms with Gasteiger partial charge in [-0.25, -0.2) is 9.97 Å². The minimum atomic E-state index is -0.0497. The van der Waals surface area contributed by atoms with Crippen molar-refractivity contribution < 1.29 is 4.74 Å². The molecule has 1 fully saturated rings. The van der Waals surface area contributed by atoms with Gasteiger partial charge in [0.2, 0.25) is 5.13 Å². The van der Waals surface area contributed by atoms with Crippen molar-refractivity contribution in [1.29, 1.82) is 0 Å². The van der Waals surface area contributed by atoms with Crippen molar-refractivity contribution in [3.05, 3.63) is 35.1 Å². The minimum absolute atomic E-state index is 0.0497. The Morgan fingerprint density at radius 2 is 2.09 bits per heavy atom. The van der Waals surface area contributed by atoms with Gasteiger partial charge in [0.05, 0.1) is 10.2 Å². The Morgan fingerprint density at radius 1 is 1.27 bits per heavy atom. The summed E-state index contributed by atoms with van der Waals surface area (Å²) in [7, 11) is 1.68. The molecule has 0 amide bonds. The topological polar surface area (TPSA) is 51.1 Å². The SMILES string of the molecule is COC(C)c1nsc(N2CC(c3nc4ccccc4s3)C2)n1. The van der Waals surface area contributed by atoms with Gasteiger partial charge < -0.3 is 9.64 Å². The van der Waals surface area contributed by atoms with E-state index in [1.807, 2.05) is 13.0 Å². The highest BCUT2D eigenvalue weighted by Crippen LogP contribution is 2.36. The van der Waals surface area contributed by atoms with Crippen LogP contribution in [0.25, 0.3) is 10.2 Å². The molecule has 0 spiro atoms. The number of benzene rings is 1. The van der Waals surface area contributed by atoms with E-state index in [9.17, 15) is 0 Å². The molecular weight excluding hydrogens is 316 g/mol. The van der Waals surface area contributed by atoms with Crippen molar-refractivity contribution in [3.8, 4) is 0 Å². The lowest BCUT2D eigenvalue weighted by molar-refractivity contribution is 0.113. The van der Waals surface area contributed by atoms with Crippen LogP contribution in [0.4, 0.5) is 5.13 Å².